The monoisotopic (exact) mass is 394 g/mol. The number of rotatable bonds is 7. The van der Waals surface area contributed by atoms with Crippen LogP contribution in [0.5, 0.6) is 0 Å². The van der Waals surface area contributed by atoms with Crippen molar-refractivity contribution in [1.29, 1.82) is 0 Å². The minimum absolute atomic E-state index is 0.0592. The van der Waals surface area contributed by atoms with Gasteiger partial charge >= 0.3 is 0 Å². The van der Waals surface area contributed by atoms with Gasteiger partial charge in [0.05, 0.1) is 19.2 Å². The van der Waals surface area contributed by atoms with Gasteiger partial charge < -0.3 is 14.6 Å². The van der Waals surface area contributed by atoms with Crippen molar-refractivity contribution < 1.29 is 18.4 Å². The molecule has 0 saturated carbocycles. The van der Waals surface area contributed by atoms with Gasteiger partial charge in [0.25, 0.3) is 5.91 Å². The second kappa shape index (κ2) is 9.19. The standard InChI is InChI=1S/C23H23FN2O3/c1-16(2)25-22(27)14-17-8-10-20(11-9-17)26(23(28)21-7-4-12-29-21)15-18-5-3-6-19(24)13-18/h3-13,16H,14-15H2,1-2H3,(H,25,27). The number of nitrogens with zero attached hydrogens (tertiary/aromatic N) is 1. The fraction of sp³-hybridized carbons (Fsp3) is 0.217. The third-order valence-corrected chi connectivity index (χ3v) is 4.27. The Hall–Kier alpha value is -3.41. The molecule has 0 unspecified atom stereocenters. The Kier molecular flexibility index (Phi) is 6.44. The first-order valence-corrected chi connectivity index (χ1v) is 9.40. The number of amides is 2. The Morgan fingerprint density at radius 1 is 1.03 bits per heavy atom. The molecule has 0 fully saturated rings. The van der Waals surface area contributed by atoms with Crippen molar-refractivity contribution >= 4 is 17.5 Å². The van der Waals surface area contributed by atoms with Crippen molar-refractivity contribution in [2.45, 2.75) is 32.9 Å². The molecule has 150 valence electrons. The lowest BCUT2D eigenvalue weighted by atomic mass is 10.1. The predicted molar refractivity (Wildman–Crippen MR) is 109 cm³/mol. The maximum atomic E-state index is 13.6. The Labute approximate surface area is 169 Å². The van der Waals surface area contributed by atoms with Crippen LogP contribution < -0.4 is 10.2 Å². The molecule has 0 saturated heterocycles. The first-order valence-electron chi connectivity index (χ1n) is 9.40. The first kappa shape index (κ1) is 20.3. The minimum atomic E-state index is -0.362. The lowest BCUT2D eigenvalue weighted by Crippen LogP contribution is -2.31. The SMILES string of the molecule is CC(C)NC(=O)Cc1ccc(N(Cc2cccc(F)c2)C(=O)c2ccco2)cc1. The molecule has 0 radical (unpaired) electrons. The number of hydrogen-bond donors (Lipinski definition) is 1. The molecule has 3 rings (SSSR count). The largest absolute Gasteiger partial charge is 0.459 e. The van der Waals surface area contributed by atoms with E-state index in [1.165, 1.54) is 23.3 Å². The molecule has 0 aliphatic carbocycles. The molecular weight excluding hydrogens is 371 g/mol. The highest BCUT2D eigenvalue weighted by molar-refractivity contribution is 6.04. The summed E-state index contributed by atoms with van der Waals surface area (Å²) in [6, 6.07) is 16.6. The predicted octanol–water partition coefficient (Wildman–Crippen LogP) is 4.33. The molecule has 0 bridgehead atoms. The van der Waals surface area contributed by atoms with Crippen LogP contribution in [-0.4, -0.2) is 17.9 Å². The molecule has 6 heteroatoms. The fourth-order valence-electron chi connectivity index (χ4n) is 2.98. The molecule has 0 aliphatic heterocycles. The molecule has 2 aromatic carbocycles. The second-order valence-corrected chi connectivity index (χ2v) is 7.06. The summed E-state index contributed by atoms with van der Waals surface area (Å²) in [6.07, 6.45) is 1.69. The van der Waals surface area contributed by atoms with E-state index in [0.29, 0.717) is 11.3 Å². The summed E-state index contributed by atoms with van der Waals surface area (Å²) in [7, 11) is 0. The number of carbonyl (C=O) groups excluding carboxylic acids is 2. The molecule has 0 spiro atoms. The van der Waals surface area contributed by atoms with Gasteiger partial charge in [0.2, 0.25) is 5.91 Å². The smallest absolute Gasteiger partial charge is 0.294 e. The lowest BCUT2D eigenvalue weighted by molar-refractivity contribution is -0.120. The van der Waals surface area contributed by atoms with Crippen molar-refractivity contribution in [3.63, 3.8) is 0 Å². The Morgan fingerprint density at radius 3 is 2.41 bits per heavy atom. The Bertz CT molecular complexity index is 966. The van der Waals surface area contributed by atoms with E-state index in [4.69, 9.17) is 4.42 Å². The Morgan fingerprint density at radius 2 is 1.79 bits per heavy atom. The number of furan rings is 1. The summed E-state index contributed by atoms with van der Waals surface area (Å²) >= 11 is 0. The van der Waals surface area contributed by atoms with Crippen molar-refractivity contribution in [3.05, 3.63) is 89.6 Å². The normalized spacial score (nSPS) is 10.8. The topological polar surface area (TPSA) is 62.6 Å². The molecule has 1 aromatic heterocycles. The van der Waals surface area contributed by atoms with Gasteiger partial charge in [-0.2, -0.15) is 0 Å². The Balaban J connectivity index is 1.83. The van der Waals surface area contributed by atoms with Gasteiger partial charge in [-0.1, -0.05) is 24.3 Å². The number of nitrogens with one attached hydrogen (secondary N) is 1. The average molecular weight is 394 g/mol. The number of anilines is 1. The third-order valence-electron chi connectivity index (χ3n) is 4.27. The van der Waals surface area contributed by atoms with Crippen LogP contribution in [0.3, 0.4) is 0 Å². The molecule has 1 N–H and O–H groups in total. The summed E-state index contributed by atoms with van der Waals surface area (Å²) in [6.45, 7) is 4.00. The van der Waals surface area contributed by atoms with Gasteiger partial charge in [-0.15, -0.1) is 0 Å². The summed E-state index contributed by atoms with van der Waals surface area (Å²) in [5, 5.41) is 2.85. The second-order valence-electron chi connectivity index (χ2n) is 7.06. The molecule has 5 nitrogen and oxygen atoms in total. The molecule has 1 heterocycles. The summed E-state index contributed by atoms with van der Waals surface area (Å²) in [5.41, 5.74) is 2.12. The number of hydrogen-bond acceptors (Lipinski definition) is 3. The number of carbonyl (C=O) groups is 2. The zero-order valence-electron chi connectivity index (χ0n) is 16.4. The van der Waals surface area contributed by atoms with Crippen LogP contribution in [0.25, 0.3) is 0 Å². The van der Waals surface area contributed by atoms with Crippen LogP contribution in [0.2, 0.25) is 0 Å². The van der Waals surface area contributed by atoms with Crippen LogP contribution in [0.4, 0.5) is 10.1 Å². The highest BCUT2D eigenvalue weighted by Gasteiger charge is 2.21. The highest BCUT2D eigenvalue weighted by atomic mass is 19.1. The van der Waals surface area contributed by atoms with Crippen LogP contribution in [-0.2, 0) is 17.8 Å². The molecule has 0 atom stereocenters. The maximum absolute atomic E-state index is 13.6. The maximum Gasteiger partial charge on any atom is 0.294 e. The molecular formula is C23H23FN2O3. The summed E-state index contributed by atoms with van der Waals surface area (Å²) < 4.78 is 18.9. The van der Waals surface area contributed by atoms with E-state index in [9.17, 15) is 14.0 Å². The molecule has 29 heavy (non-hydrogen) atoms. The van der Waals surface area contributed by atoms with Crippen molar-refractivity contribution in [2.75, 3.05) is 4.90 Å². The van der Waals surface area contributed by atoms with E-state index in [2.05, 4.69) is 5.32 Å². The van der Waals surface area contributed by atoms with Gasteiger partial charge in [-0.05, 0) is 61.4 Å². The van der Waals surface area contributed by atoms with Crippen LogP contribution in [0.1, 0.15) is 35.5 Å². The van der Waals surface area contributed by atoms with Crippen molar-refractivity contribution in [3.8, 4) is 0 Å². The number of benzene rings is 2. The molecule has 2 amide bonds. The third kappa shape index (κ3) is 5.54. The van der Waals surface area contributed by atoms with Crippen molar-refractivity contribution in [1.82, 2.24) is 5.32 Å². The lowest BCUT2D eigenvalue weighted by Gasteiger charge is -2.22. The fourth-order valence-corrected chi connectivity index (χ4v) is 2.98. The molecule has 3 aromatic rings. The first-order chi connectivity index (χ1) is 13.9. The van der Waals surface area contributed by atoms with Gasteiger partial charge in [0.1, 0.15) is 5.82 Å². The van der Waals surface area contributed by atoms with E-state index >= 15 is 0 Å². The zero-order valence-corrected chi connectivity index (χ0v) is 16.4. The number of halogens is 1. The average Bonchev–Trinajstić information content (AvgIpc) is 3.20. The summed E-state index contributed by atoms with van der Waals surface area (Å²) in [5.74, 6) is -0.554. The zero-order chi connectivity index (χ0) is 20.8. The van der Waals surface area contributed by atoms with Crippen molar-refractivity contribution in [2.24, 2.45) is 0 Å². The van der Waals surface area contributed by atoms with Gasteiger partial charge in [-0.25, -0.2) is 4.39 Å². The van der Waals surface area contributed by atoms with Gasteiger partial charge in [-0.3, -0.25) is 9.59 Å². The van der Waals surface area contributed by atoms with E-state index < -0.39 is 0 Å². The van der Waals surface area contributed by atoms with Crippen LogP contribution in [0, 0.1) is 5.82 Å². The quantitative estimate of drug-likeness (QED) is 0.649. The summed E-state index contributed by atoms with van der Waals surface area (Å²) in [4.78, 5) is 26.4. The molecule has 0 aliphatic rings. The minimum Gasteiger partial charge on any atom is -0.459 e. The van der Waals surface area contributed by atoms with E-state index in [1.807, 2.05) is 26.0 Å². The van der Waals surface area contributed by atoms with Gasteiger partial charge in [0.15, 0.2) is 5.76 Å². The van der Waals surface area contributed by atoms with E-state index in [1.54, 1.807) is 36.4 Å². The van der Waals surface area contributed by atoms with Crippen LogP contribution >= 0.6 is 0 Å². The highest BCUT2D eigenvalue weighted by Crippen LogP contribution is 2.22. The van der Waals surface area contributed by atoms with Crippen LogP contribution in [0.15, 0.2) is 71.3 Å². The van der Waals surface area contributed by atoms with E-state index in [-0.39, 0.29) is 42.4 Å². The van der Waals surface area contributed by atoms with Gasteiger partial charge in [0, 0.05) is 11.7 Å². The van der Waals surface area contributed by atoms with E-state index in [0.717, 1.165) is 5.56 Å².